The van der Waals surface area contributed by atoms with E-state index < -0.39 is 0 Å². The molecule has 1 unspecified atom stereocenters. The summed E-state index contributed by atoms with van der Waals surface area (Å²) < 4.78 is 0. The summed E-state index contributed by atoms with van der Waals surface area (Å²) in [6.07, 6.45) is 0. The highest BCUT2D eigenvalue weighted by Gasteiger charge is 2.26. The lowest BCUT2D eigenvalue weighted by atomic mass is 9.87. The molecular weight excluding hydrogens is 256 g/mol. The van der Waals surface area contributed by atoms with Gasteiger partial charge in [0, 0.05) is 5.92 Å². The van der Waals surface area contributed by atoms with Gasteiger partial charge in [0.15, 0.2) is 0 Å². The molecule has 3 rings (SSSR count). The minimum atomic E-state index is 0.0816. The predicted octanol–water partition coefficient (Wildman–Crippen LogP) is 5.09. The van der Waals surface area contributed by atoms with E-state index in [1.807, 2.05) is 12.1 Å². The van der Waals surface area contributed by atoms with Crippen LogP contribution < -0.4 is 0 Å². The van der Waals surface area contributed by atoms with Gasteiger partial charge in [-0.2, -0.15) is 0 Å². The van der Waals surface area contributed by atoms with E-state index in [4.69, 9.17) is 0 Å². The third-order valence-electron chi connectivity index (χ3n) is 5.13. The molecule has 2 aromatic carbocycles. The zero-order valence-electron chi connectivity index (χ0n) is 13.2. The topological polar surface area (TPSA) is 20.2 Å². The molecule has 0 heterocycles. The van der Waals surface area contributed by atoms with Crippen LogP contribution in [-0.2, 0) is 6.61 Å². The number of hydrogen-bond donors (Lipinski definition) is 1. The van der Waals surface area contributed by atoms with E-state index in [2.05, 4.69) is 52.0 Å². The van der Waals surface area contributed by atoms with Gasteiger partial charge in [-0.15, -0.1) is 0 Å². The van der Waals surface area contributed by atoms with Gasteiger partial charge in [-0.3, -0.25) is 0 Å². The Labute approximate surface area is 126 Å². The molecular formula is C20H22O. The lowest BCUT2D eigenvalue weighted by Crippen LogP contribution is -2.02. The number of rotatable bonds is 2. The van der Waals surface area contributed by atoms with Crippen LogP contribution in [0, 0.1) is 5.92 Å². The molecule has 0 saturated heterocycles. The van der Waals surface area contributed by atoms with Crippen molar-refractivity contribution in [3.05, 3.63) is 64.2 Å². The van der Waals surface area contributed by atoms with Crippen LogP contribution in [0.5, 0.6) is 0 Å². The molecule has 21 heavy (non-hydrogen) atoms. The zero-order chi connectivity index (χ0) is 15.1. The van der Waals surface area contributed by atoms with E-state index in [0.29, 0.717) is 5.92 Å². The van der Waals surface area contributed by atoms with Crippen molar-refractivity contribution in [2.24, 2.45) is 5.92 Å². The van der Waals surface area contributed by atoms with Crippen LogP contribution in [0.4, 0.5) is 0 Å². The summed E-state index contributed by atoms with van der Waals surface area (Å²) in [4.78, 5) is 0. The van der Waals surface area contributed by atoms with Crippen LogP contribution in [-0.4, -0.2) is 5.11 Å². The molecule has 0 radical (unpaired) electrons. The number of hydrogen-bond acceptors (Lipinski definition) is 1. The molecule has 2 aromatic rings. The smallest absolute Gasteiger partial charge is 0.0693 e. The Balaban J connectivity index is 2.28. The third-order valence-corrected chi connectivity index (χ3v) is 5.13. The third kappa shape index (κ3) is 2.04. The normalized spacial score (nSPS) is 19.0. The molecule has 0 fully saturated rings. The van der Waals surface area contributed by atoms with Gasteiger partial charge < -0.3 is 5.11 Å². The molecule has 1 atom stereocenters. The number of benzene rings is 2. The first-order valence-electron chi connectivity index (χ1n) is 7.56. The Morgan fingerprint density at radius 1 is 0.952 bits per heavy atom. The summed E-state index contributed by atoms with van der Waals surface area (Å²) in [7, 11) is 0. The number of fused-ring (bicyclic) bond motifs is 1. The van der Waals surface area contributed by atoms with E-state index in [1.54, 1.807) is 0 Å². The van der Waals surface area contributed by atoms with Gasteiger partial charge in [0.2, 0.25) is 0 Å². The fourth-order valence-corrected chi connectivity index (χ4v) is 3.56. The minimum absolute atomic E-state index is 0.0816. The van der Waals surface area contributed by atoms with Crippen LogP contribution in [0.2, 0.25) is 0 Å². The van der Waals surface area contributed by atoms with Crippen molar-refractivity contribution in [2.45, 2.75) is 34.3 Å². The van der Waals surface area contributed by atoms with Gasteiger partial charge in [0.1, 0.15) is 0 Å². The summed E-state index contributed by atoms with van der Waals surface area (Å²) in [5.41, 5.74) is 7.84. The molecule has 1 N–H and O–H groups in total. The van der Waals surface area contributed by atoms with Crippen LogP contribution in [0.1, 0.15) is 38.8 Å². The molecule has 108 valence electrons. The second kappa shape index (κ2) is 5.16. The molecule has 0 spiro atoms. The van der Waals surface area contributed by atoms with Gasteiger partial charge in [0.25, 0.3) is 0 Å². The van der Waals surface area contributed by atoms with E-state index in [-0.39, 0.29) is 6.61 Å². The van der Waals surface area contributed by atoms with E-state index in [0.717, 1.165) is 10.9 Å². The van der Waals surface area contributed by atoms with Crippen molar-refractivity contribution in [2.75, 3.05) is 0 Å². The van der Waals surface area contributed by atoms with Gasteiger partial charge in [0.05, 0.1) is 6.61 Å². The number of allylic oxidation sites excluding steroid dienone is 4. The minimum Gasteiger partial charge on any atom is -0.392 e. The molecule has 0 amide bonds. The second-order valence-corrected chi connectivity index (χ2v) is 6.04. The molecule has 0 aromatic heterocycles. The lowest BCUT2D eigenvalue weighted by molar-refractivity contribution is 0.283. The molecule has 1 nitrogen and oxygen atoms in total. The Hall–Kier alpha value is -1.86. The highest BCUT2D eigenvalue weighted by Crippen LogP contribution is 2.44. The quantitative estimate of drug-likeness (QED) is 0.811. The Morgan fingerprint density at radius 2 is 1.67 bits per heavy atom. The van der Waals surface area contributed by atoms with Crippen LogP contribution >= 0.6 is 0 Å². The fraction of sp³-hybridized carbons (Fsp3) is 0.300. The summed E-state index contributed by atoms with van der Waals surface area (Å²) in [6, 6.07) is 12.6. The van der Waals surface area contributed by atoms with Crippen molar-refractivity contribution < 1.29 is 5.11 Å². The van der Waals surface area contributed by atoms with E-state index in [1.165, 1.54) is 33.2 Å². The zero-order valence-corrected chi connectivity index (χ0v) is 13.2. The van der Waals surface area contributed by atoms with Gasteiger partial charge in [-0.25, -0.2) is 0 Å². The maximum Gasteiger partial charge on any atom is 0.0693 e. The van der Waals surface area contributed by atoms with E-state index in [9.17, 15) is 5.11 Å². The average Bonchev–Trinajstić information content (AvgIpc) is 2.70. The largest absolute Gasteiger partial charge is 0.392 e. The van der Waals surface area contributed by atoms with Crippen molar-refractivity contribution in [3.63, 3.8) is 0 Å². The van der Waals surface area contributed by atoms with Crippen molar-refractivity contribution >= 4 is 16.3 Å². The maximum atomic E-state index is 9.94. The molecule has 0 bridgehead atoms. The molecule has 0 saturated carbocycles. The standard InChI is InChI=1S/C20H22O/c1-12-13(2)15(4)20(14(12)3)18-10-9-16-7-5-6-8-17(16)19(18)11-21/h5-10,14,21H,11H2,1-4H3. The summed E-state index contributed by atoms with van der Waals surface area (Å²) in [5.74, 6) is 0.427. The van der Waals surface area contributed by atoms with E-state index >= 15 is 0 Å². The predicted molar refractivity (Wildman–Crippen MR) is 90.0 cm³/mol. The Bertz CT molecular complexity index is 778. The van der Waals surface area contributed by atoms with Crippen LogP contribution in [0.25, 0.3) is 16.3 Å². The average molecular weight is 278 g/mol. The Kier molecular flexibility index (Phi) is 3.46. The fourth-order valence-electron chi connectivity index (χ4n) is 3.56. The number of aliphatic hydroxyl groups excluding tert-OH is 1. The number of aliphatic hydroxyl groups is 1. The molecule has 1 aliphatic carbocycles. The van der Waals surface area contributed by atoms with Crippen molar-refractivity contribution in [1.82, 2.24) is 0 Å². The maximum absolute atomic E-state index is 9.94. The first-order valence-corrected chi connectivity index (χ1v) is 7.56. The van der Waals surface area contributed by atoms with Crippen LogP contribution in [0.15, 0.2) is 53.1 Å². The van der Waals surface area contributed by atoms with Gasteiger partial charge in [-0.1, -0.05) is 48.9 Å². The lowest BCUT2D eigenvalue weighted by Gasteiger charge is -2.18. The molecule has 0 aliphatic heterocycles. The summed E-state index contributed by atoms with van der Waals surface area (Å²) in [5, 5.41) is 12.3. The van der Waals surface area contributed by atoms with Crippen molar-refractivity contribution in [3.8, 4) is 0 Å². The highest BCUT2D eigenvalue weighted by molar-refractivity contribution is 5.92. The van der Waals surface area contributed by atoms with Gasteiger partial charge >= 0.3 is 0 Å². The van der Waals surface area contributed by atoms with Crippen LogP contribution in [0.3, 0.4) is 0 Å². The van der Waals surface area contributed by atoms with Gasteiger partial charge in [-0.05, 0) is 59.4 Å². The highest BCUT2D eigenvalue weighted by atomic mass is 16.3. The first kappa shape index (κ1) is 14.1. The van der Waals surface area contributed by atoms with Crippen molar-refractivity contribution in [1.29, 1.82) is 0 Å². The SMILES string of the molecule is CC1=C(C)C(C)C(c2ccc3ccccc3c2CO)=C1C. The first-order chi connectivity index (χ1) is 10.1. The Morgan fingerprint density at radius 3 is 2.29 bits per heavy atom. The molecule has 1 heteroatoms. The second-order valence-electron chi connectivity index (χ2n) is 6.04. The monoisotopic (exact) mass is 278 g/mol. The summed E-state index contributed by atoms with van der Waals surface area (Å²) in [6.45, 7) is 8.97. The molecule has 1 aliphatic rings. The summed E-state index contributed by atoms with van der Waals surface area (Å²) >= 11 is 0.